The van der Waals surface area contributed by atoms with Gasteiger partial charge in [-0.2, -0.15) is 0 Å². The molecule has 1 heterocycles. The van der Waals surface area contributed by atoms with Crippen LogP contribution in [0.15, 0.2) is 30.8 Å². The van der Waals surface area contributed by atoms with Crippen LogP contribution in [0.3, 0.4) is 0 Å². The van der Waals surface area contributed by atoms with Gasteiger partial charge >= 0.3 is 0 Å². The molecule has 4 nitrogen and oxygen atoms in total. The minimum Gasteiger partial charge on any atom is -0.300 e. The average molecular weight is 456 g/mol. The van der Waals surface area contributed by atoms with E-state index in [-0.39, 0.29) is 5.78 Å². The van der Waals surface area contributed by atoms with Gasteiger partial charge in [-0.3, -0.25) is 15.7 Å². The fraction of sp³-hybridized carbons (Fsp3) is 0.444. The molecule has 0 unspecified atom stereocenters. The van der Waals surface area contributed by atoms with E-state index in [1.165, 1.54) is 29.9 Å². The lowest BCUT2D eigenvalue weighted by molar-refractivity contribution is -0.114. The zero-order valence-electron chi connectivity index (χ0n) is 21.4. The number of nitrogens with zero attached hydrogens (tertiary/aromatic N) is 1. The van der Waals surface area contributed by atoms with Crippen LogP contribution in [0, 0.1) is 31.6 Å². The topological polar surface area (TPSA) is 68.0 Å². The lowest BCUT2D eigenvalue weighted by atomic mass is 9.96. The number of rotatable bonds is 6. The predicted molar refractivity (Wildman–Crippen MR) is 144 cm³/mol. The van der Waals surface area contributed by atoms with E-state index in [2.05, 4.69) is 58.5 Å². The summed E-state index contributed by atoms with van der Waals surface area (Å²) in [6.07, 6.45) is 2.68. The van der Waals surface area contributed by atoms with Gasteiger partial charge in [0.15, 0.2) is 0 Å². The fourth-order valence-electron chi connectivity index (χ4n) is 2.95. The molecule has 0 radical (unpaired) electrons. The predicted octanol–water partition coefficient (Wildman–Crippen LogP) is 8.33. The molecule has 0 saturated carbocycles. The lowest BCUT2D eigenvalue weighted by Crippen LogP contribution is -2.34. The van der Waals surface area contributed by atoms with E-state index in [9.17, 15) is 4.79 Å². The van der Waals surface area contributed by atoms with Crippen LogP contribution in [0.2, 0.25) is 0 Å². The molecule has 0 aliphatic heterocycles. The van der Waals surface area contributed by atoms with Crippen LogP contribution >= 0.6 is 11.3 Å². The molecule has 2 aromatic rings. The number of Topliss-reactive ketones (excluding diaryl/α,β-unsaturated/α-hetero) is 1. The van der Waals surface area contributed by atoms with Crippen molar-refractivity contribution in [2.45, 2.75) is 81.6 Å². The van der Waals surface area contributed by atoms with E-state index in [0.717, 1.165) is 34.5 Å². The van der Waals surface area contributed by atoms with E-state index < -0.39 is 0 Å². The van der Waals surface area contributed by atoms with Gasteiger partial charge in [0, 0.05) is 16.9 Å². The highest BCUT2D eigenvalue weighted by Crippen LogP contribution is 2.42. The number of hydrogen-bond donors (Lipinski definition) is 2. The summed E-state index contributed by atoms with van der Waals surface area (Å²) in [5, 5.41) is 17.7. The summed E-state index contributed by atoms with van der Waals surface area (Å²) in [5.74, 6) is 1.03. The normalized spacial score (nSPS) is 9.66. The van der Waals surface area contributed by atoms with Gasteiger partial charge in [-0.1, -0.05) is 63.6 Å². The number of hydrogen-bond acceptors (Lipinski definition) is 4. The second-order valence-corrected chi connectivity index (χ2v) is 8.89. The molecular formula is C27H41N3OS. The van der Waals surface area contributed by atoms with Gasteiger partial charge < -0.3 is 4.79 Å². The maximum Gasteiger partial charge on any atom is 0.126 e. The van der Waals surface area contributed by atoms with E-state index in [1.807, 2.05) is 13.8 Å². The Bertz CT molecular complexity index is 919. The van der Waals surface area contributed by atoms with Crippen LogP contribution in [0.4, 0.5) is 5.00 Å². The van der Waals surface area contributed by atoms with Crippen molar-refractivity contribution in [2.75, 3.05) is 4.90 Å². The van der Waals surface area contributed by atoms with Crippen LogP contribution in [0.1, 0.15) is 87.9 Å². The van der Waals surface area contributed by atoms with Crippen LogP contribution in [-0.4, -0.2) is 17.5 Å². The summed E-state index contributed by atoms with van der Waals surface area (Å²) in [5.41, 5.74) is 5.50. The maximum absolute atomic E-state index is 9.44. The number of ketones is 1. The van der Waals surface area contributed by atoms with Crippen LogP contribution in [0.25, 0.3) is 5.57 Å². The first-order valence-corrected chi connectivity index (χ1v) is 12.1. The number of aryl methyl sites for hydroxylation is 2. The minimum absolute atomic E-state index is 0.167. The Labute approximate surface area is 199 Å². The van der Waals surface area contributed by atoms with Gasteiger partial charge in [-0.05, 0) is 64.7 Å². The number of benzene rings is 1. The first-order chi connectivity index (χ1) is 15.0. The summed E-state index contributed by atoms with van der Waals surface area (Å²) < 4.78 is 0. The quantitative estimate of drug-likeness (QED) is 0.339. The van der Waals surface area contributed by atoms with Gasteiger partial charge in [0.1, 0.15) is 22.5 Å². The average Bonchev–Trinajstić information content (AvgIpc) is 3.01. The number of anilines is 1. The number of carbonyl (C=O) groups excluding carboxylic acids is 1. The minimum atomic E-state index is 0.167. The summed E-state index contributed by atoms with van der Waals surface area (Å²) in [7, 11) is 0. The Kier molecular flexibility index (Phi) is 13.4. The molecule has 2 rings (SSSR count). The van der Waals surface area contributed by atoms with Crippen molar-refractivity contribution in [3.8, 4) is 0 Å². The smallest absolute Gasteiger partial charge is 0.126 e. The monoisotopic (exact) mass is 455 g/mol. The molecule has 0 spiro atoms. The number of nitrogens with one attached hydrogen (secondary N) is 2. The number of carbonyl (C=O) groups is 1. The van der Waals surface area contributed by atoms with Gasteiger partial charge in [0.05, 0.1) is 0 Å². The van der Waals surface area contributed by atoms with Gasteiger partial charge in [0.2, 0.25) is 0 Å². The fourth-order valence-corrected chi connectivity index (χ4v) is 4.22. The molecule has 0 saturated heterocycles. The Hall–Kier alpha value is -2.53. The van der Waals surface area contributed by atoms with Crippen molar-refractivity contribution < 1.29 is 4.79 Å². The third kappa shape index (κ3) is 8.54. The lowest BCUT2D eigenvalue weighted by Gasteiger charge is -2.25. The van der Waals surface area contributed by atoms with Gasteiger partial charge in [-0.25, -0.2) is 0 Å². The largest absolute Gasteiger partial charge is 0.300 e. The summed E-state index contributed by atoms with van der Waals surface area (Å²) >= 11 is 1.65. The first-order valence-electron chi connectivity index (χ1n) is 11.3. The Morgan fingerprint density at radius 2 is 1.53 bits per heavy atom. The molecule has 0 aliphatic rings. The molecule has 0 bridgehead atoms. The van der Waals surface area contributed by atoms with Crippen LogP contribution in [0.5, 0.6) is 0 Å². The van der Waals surface area contributed by atoms with Crippen molar-refractivity contribution in [1.82, 2.24) is 0 Å². The highest BCUT2D eigenvalue weighted by Gasteiger charge is 2.24. The zero-order chi connectivity index (χ0) is 25.0. The molecule has 1 aromatic carbocycles. The van der Waals surface area contributed by atoms with Crippen molar-refractivity contribution >= 4 is 39.4 Å². The molecule has 0 atom stereocenters. The third-order valence-electron chi connectivity index (χ3n) is 4.64. The van der Waals surface area contributed by atoms with Crippen molar-refractivity contribution in [2.24, 2.45) is 0 Å². The number of amidine groups is 2. The van der Waals surface area contributed by atoms with E-state index >= 15 is 0 Å². The number of thiophene rings is 1. The summed E-state index contributed by atoms with van der Waals surface area (Å²) in [4.78, 5) is 12.4. The standard InChI is InChI=1S/C22H29N3S.C3H6O.C2H6/c1-7-8-9-20(24)25(18(6)23)22-21(15(3)17(5)26-22)16(4)19-12-10-14(2)11-13-19;1-3(2)4;1-2/h10-13,23-24H,4,7-9H2,1-3,5-6H3;1-2H3;1-2H3. The summed E-state index contributed by atoms with van der Waals surface area (Å²) in [6.45, 7) is 21.6. The second-order valence-electron chi connectivity index (χ2n) is 7.69. The zero-order valence-corrected chi connectivity index (χ0v) is 22.2. The molecule has 1 aromatic heterocycles. The molecular weight excluding hydrogens is 414 g/mol. The summed E-state index contributed by atoms with van der Waals surface area (Å²) in [6, 6.07) is 8.38. The number of unbranched alkanes of at least 4 members (excludes halogenated alkanes) is 1. The Morgan fingerprint density at radius 3 is 1.97 bits per heavy atom. The molecule has 32 heavy (non-hydrogen) atoms. The highest BCUT2D eigenvalue weighted by atomic mass is 32.1. The maximum atomic E-state index is 9.44. The first kappa shape index (κ1) is 29.5. The molecule has 176 valence electrons. The van der Waals surface area contributed by atoms with Crippen molar-refractivity contribution in [3.63, 3.8) is 0 Å². The van der Waals surface area contributed by atoms with E-state index in [1.54, 1.807) is 23.2 Å². The van der Waals surface area contributed by atoms with Crippen molar-refractivity contribution in [1.29, 1.82) is 10.8 Å². The van der Waals surface area contributed by atoms with Crippen LogP contribution in [-0.2, 0) is 4.79 Å². The Morgan fingerprint density at radius 1 is 1.03 bits per heavy atom. The molecule has 0 fully saturated rings. The second kappa shape index (κ2) is 14.5. The Balaban J connectivity index is 0.00000144. The van der Waals surface area contributed by atoms with Gasteiger partial charge in [0.25, 0.3) is 0 Å². The van der Waals surface area contributed by atoms with Gasteiger partial charge in [-0.15, -0.1) is 11.3 Å². The molecule has 5 heteroatoms. The van der Waals surface area contributed by atoms with E-state index in [0.29, 0.717) is 18.1 Å². The van der Waals surface area contributed by atoms with Crippen LogP contribution < -0.4 is 4.90 Å². The molecule has 0 aliphatic carbocycles. The SMILES string of the molecule is C=C(c1ccc(C)cc1)c1c(N(C(C)=N)C(=N)CCCC)sc(C)c1C.CC.CC(C)=O. The van der Waals surface area contributed by atoms with Crippen molar-refractivity contribution in [3.05, 3.63) is 58.0 Å². The highest BCUT2D eigenvalue weighted by molar-refractivity contribution is 7.17. The molecule has 0 amide bonds. The third-order valence-corrected chi connectivity index (χ3v) is 5.84. The van der Waals surface area contributed by atoms with E-state index in [4.69, 9.17) is 10.8 Å². The molecule has 2 N–H and O–H groups in total.